The van der Waals surface area contributed by atoms with Gasteiger partial charge >= 0.3 is 0 Å². The number of ketones is 1. The highest BCUT2D eigenvalue weighted by Gasteiger charge is 2.85. The first-order valence-corrected chi connectivity index (χ1v) is 21.7. The van der Waals surface area contributed by atoms with Crippen LogP contribution in [0.25, 0.3) is 0 Å². The van der Waals surface area contributed by atoms with E-state index < -0.39 is 47.2 Å². The van der Waals surface area contributed by atoms with E-state index in [1.165, 1.54) is 0 Å². The first-order chi connectivity index (χ1) is 26.2. The molecular formula is C44H72N6O6. The van der Waals surface area contributed by atoms with Crippen LogP contribution in [0.4, 0.5) is 0 Å². The fraction of sp³-hybridized carbons (Fsp3) is 0.818. The summed E-state index contributed by atoms with van der Waals surface area (Å²) >= 11 is 0. The Kier molecular flexibility index (Phi) is 13.2. The van der Waals surface area contributed by atoms with Crippen molar-refractivity contribution in [2.45, 2.75) is 188 Å². The van der Waals surface area contributed by atoms with Gasteiger partial charge in [-0.05, 0) is 101 Å². The molecule has 5 rings (SSSR count). The van der Waals surface area contributed by atoms with Gasteiger partial charge in [0.05, 0.1) is 12.1 Å². The standard InChI is InChI=1S/C44H72N6O6/c1-11-18-30(34(51)39(55)45-27(2)3)46-37(53)32-25-44(42(9,10)43(44)22-17-23-43)26-50(32)40(56)35(41(6,7)8)48-38(54)33(29-19-13-12-14-20-29)47-36(52)31-21-15-16-24-49(31)28(4)5/h28-33,35H,2,11-26H2,1,3-10H3,(H,45,55)(H,46,53)(H,47,52)(H,48,54)/t30-,31-,32-,33-,35+,44+/m0/s1. The molecule has 12 nitrogen and oxygen atoms in total. The Morgan fingerprint density at radius 2 is 1.45 bits per heavy atom. The van der Waals surface area contributed by atoms with Crippen LogP contribution in [0.2, 0.25) is 0 Å². The minimum absolute atomic E-state index is 0.0212. The Balaban J connectivity index is 1.43. The Labute approximate surface area is 335 Å². The fourth-order valence-electron chi connectivity index (χ4n) is 11.3. The lowest BCUT2D eigenvalue weighted by molar-refractivity contribution is -0.145. The Hall–Kier alpha value is -3.28. The lowest BCUT2D eigenvalue weighted by Crippen LogP contribution is -2.63. The number of allylic oxidation sites excluding steroid dienone is 1. The number of amides is 5. The number of piperidine rings is 1. The van der Waals surface area contributed by atoms with Crippen molar-refractivity contribution < 1.29 is 28.8 Å². The number of fused-ring (bicyclic) bond motifs is 1. The Bertz CT molecular complexity index is 1540. The molecule has 12 heteroatoms. The van der Waals surface area contributed by atoms with E-state index >= 15 is 4.79 Å². The second-order valence-corrected chi connectivity index (χ2v) is 19.8. The number of hydrogen-bond donors (Lipinski definition) is 4. The molecule has 0 unspecified atom stereocenters. The minimum Gasteiger partial charge on any atom is -0.344 e. The summed E-state index contributed by atoms with van der Waals surface area (Å²) in [6.45, 7) is 22.8. The third-order valence-corrected chi connectivity index (χ3v) is 14.8. The zero-order valence-corrected chi connectivity index (χ0v) is 35.9. The van der Waals surface area contributed by atoms with Crippen molar-refractivity contribution in [3.05, 3.63) is 12.3 Å². The zero-order chi connectivity index (χ0) is 41.4. The van der Waals surface area contributed by atoms with E-state index in [0.717, 1.165) is 77.2 Å². The van der Waals surface area contributed by atoms with Gasteiger partial charge in [0, 0.05) is 23.7 Å². The van der Waals surface area contributed by atoms with Crippen molar-refractivity contribution >= 4 is 35.3 Å². The molecule has 6 atom stereocenters. The lowest BCUT2D eigenvalue weighted by atomic mass is 9.73. The molecule has 2 spiro atoms. The molecule has 0 aromatic carbocycles. The molecular weight excluding hydrogens is 709 g/mol. The van der Waals surface area contributed by atoms with Gasteiger partial charge in [-0.3, -0.25) is 33.7 Å². The fourth-order valence-corrected chi connectivity index (χ4v) is 11.3. The number of carbonyl (C=O) groups excluding carboxylic acids is 6. The van der Waals surface area contributed by atoms with Crippen molar-refractivity contribution in [2.24, 2.45) is 27.6 Å². The van der Waals surface area contributed by atoms with E-state index in [1.54, 1.807) is 11.8 Å². The number of carbonyl (C=O) groups is 6. The molecule has 314 valence electrons. The van der Waals surface area contributed by atoms with Crippen LogP contribution in [-0.4, -0.2) is 94.5 Å². The van der Waals surface area contributed by atoms with E-state index in [4.69, 9.17) is 0 Å². The van der Waals surface area contributed by atoms with Crippen molar-refractivity contribution in [1.29, 1.82) is 0 Å². The maximum atomic E-state index is 15.1. The molecule has 2 saturated heterocycles. The van der Waals surface area contributed by atoms with Gasteiger partial charge < -0.3 is 26.2 Å². The van der Waals surface area contributed by atoms with E-state index in [2.05, 4.69) is 60.4 Å². The summed E-state index contributed by atoms with van der Waals surface area (Å²) in [6.07, 6.45) is 11.9. The van der Waals surface area contributed by atoms with Crippen LogP contribution in [-0.2, 0) is 28.8 Å². The molecule has 0 aromatic heterocycles. The molecule has 56 heavy (non-hydrogen) atoms. The molecule has 2 heterocycles. The van der Waals surface area contributed by atoms with Gasteiger partial charge in [-0.25, -0.2) is 0 Å². The highest BCUT2D eigenvalue weighted by atomic mass is 16.2. The first kappa shape index (κ1) is 43.8. The van der Waals surface area contributed by atoms with E-state index in [9.17, 15) is 24.0 Å². The predicted molar refractivity (Wildman–Crippen MR) is 217 cm³/mol. The first-order valence-electron chi connectivity index (χ1n) is 21.7. The van der Waals surface area contributed by atoms with Crippen molar-refractivity contribution in [3.8, 4) is 0 Å². The van der Waals surface area contributed by atoms with Crippen LogP contribution in [0.15, 0.2) is 12.3 Å². The number of nitrogens with zero attached hydrogens (tertiary/aromatic N) is 2. The van der Waals surface area contributed by atoms with Crippen molar-refractivity contribution in [2.75, 3.05) is 13.1 Å². The topological polar surface area (TPSA) is 157 Å². The largest absolute Gasteiger partial charge is 0.344 e. The molecule has 0 bridgehead atoms. The molecule has 3 saturated carbocycles. The lowest BCUT2D eigenvalue weighted by Gasteiger charge is -2.40. The third-order valence-electron chi connectivity index (χ3n) is 14.8. The summed E-state index contributed by atoms with van der Waals surface area (Å²) in [7, 11) is 0. The summed E-state index contributed by atoms with van der Waals surface area (Å²) in [6, 6.07) is -3.82. The molecule has 5 fully saturated rings. The Morgan fingerprint density at radius 3 is 1.98 bits per heavy atom. The molecule has 5 amide bonds. The van der Waals surface area contributed by atoms with Gasteiger partial charge in [0.25, 0.3) is 5.91 Å². The van der Waals surface area contributed by atoms with Gasteiger partial charge in [-0.15, -0.1) is 0 Å². The maximum absolute atomic E-state index is 15.1. The monoisotopic (exact) mass is 781 g/mol. The SMILES string of the molecule is C=C(C)NC(=O)C(=O)[C@H](CCC)NC(=O)[C@@H]1C[C@@]2(CN1C(=O)[C@@H](NC(=O)[C@@H](NC(=O)[C@@H]1CCCCN1C(C)C)C1CCCCC1)C(C)(C)C)C(C)(C)C21CCC1. The van der Waals surface area contributed by atoms with E-state index in [1.807, 2.05) is 27.7 Å². The normalized spacial score (nSPS) is 27.5. The highest BCUT2D eigenvalue weighted by molar-refractivity contribution is 6.38. The minimum atomic E-state index is -1.06. The van der Waals surface area contributed by atoms with Gasteiger partial charge in [0.15, 0.2) is 0 Å². The van der Waals surface area contributed by atoms with Gasteiger partial charge in [-0.1, -0.05) is 86.6 Å². The van der Waals surface area contributed by atoms with E-state index in [-0.39, 0.29) is 58.4 Å². The van der Waals surface area contributed by atoms with Crippen LogP contribution in [0.3, 0.4) is 0 Å². The van der Waals surface area contributed by atoms with Crippen LogP contribution in [0, 0.1) is 27.6 Å². The smallest absolute Gasteiger partial charge is 0.293 e. The molecule has 3 aliphatic carbocycles. The summed E-state index contributed by atoms with van der Waals surface area (Å²) in [4.78, 5) is 88.2. The number of Topliss-reactive ketones (excluding diaryl/α,β-unsaturated/α-hetero) is 1. The molecule has 0 aromatic rings. The van der Waals surface area contributed by atoms with Gasteiger partial charge in [-0.2, -0.15) is 0 Å². The quantitative estimate of drug-likeness (QED) is 0.178. The van der Waals surface area contributed by atoms with Crippen LogP contribution < -0.4 is 21.3 Å². The average Bonchev–Trinajstić information content (AvgIpc) is 3.33. The van der Waals surface area contributed by atoms with Crippen molar-refractivity contribution in [3.63, 3.8) is 0 Å². The summed E-state index contributed by atoms with van der Waals surface area (Å²) in [5.41, 5.74) is -0.783. The van der Waals surface area contributed by atoms with Crippen molar-refractivity contribution in [1.82, 2.24) is 31.1 Å². The highest BCUT2D eigenvalue weighted by Crippen LogP contribution is 2.88. The number of likely N-dealkylation sites (tertiary alicyclic amines) is 2. The summed E-state index contributed by atoms with van der Waals surface area (Å²) in [5.74, 6) is -2.93. The summed E-state index contributed by atoms with van der Waals surface area (Å²) < 4.78 is 0. The Morgan fingerprint density at radius 1 is 0.821 bits per heavy atom. The third kappa shape index (κ3) is 8.19. The average molecular weight is 781 g/mol. The second-order valence-electron chi connectivity index (χ2n) is 19.8. The molecule has 4 N–H and O–H groups in total. The number of hydrogen-bond acceptors (Lipinski definition) is 7. The van der Waals surface area contributed by atoms with Crippen LogP contribution >= 0.6 is 0 Å². The zero-order valence-electron chi connectivity index (χ0n) is 35.9. The molecule has 2 aliphatic heterocycles. The molecule has 0 radical (unpaired) electrons. The number of nitrogens with one attached hydrogen (secondary N) is 4. The predicted octanol–water partition coefficient (Wildman–Crippen LogP) is 5.15. The van der Waals surface area contributed by atoms with Crippen LogP contribution in [0.5, 0.6) is 0 Å². The van der Waals surface area contributed by atoms with E-state index in [0.29, 0.717) is 25.1 Å². The number of rotatable bonds is 14. The second kappa shape index (κ2) is 16.9. The van der Waals surface area contributed by atoms with Gasteiger partial charge in [0.1, 0.15) is 18.1 Å². The summed E-state index contributed by atoms with van der Waals surface area (Å²) in [5, 5.41) is 11.7. The van der Waals surface area contributed by atoms with Crippen LogP contribution in [0.1, 0.15) is 152 Å². The molecule has 5 aliphatic rings. The maximum Gasteiger partial charge on any atom is 0.293 e. The van der Waals surface area contributed by atoms with Gasteiger partial charge in [0.2, 0.25) is 29.4 Å².